The van der Waals surface area contributed by atoms with Crippen molar-refractivity contribution >= 4 is 53.5 Å². The molecule has 0 aliphatic rings. The van der Waals surface area contributed by atoms with Crippen LogP contribution in [0.3, 0.4) is 0 Å². The van der Waals surface area contributed by atoms with Crippen LogP contribution in [-0.4, -0.2) is 9.97 Å². The number of hydrogen-bond acceptors (Lipinski definition) is 3. The van der Waals surface area contributed by atoms with E-state index < -0.39 is 0 Å². The number of alkyl halides is 1. The molecule has 0 amide bonds. The summed E-state index contributed by atoms with van der Waals surface area (Å²) in [6.45, 7) is 0. The molecule has 2 aromatic rings. The third kappa shape index (κ3) is 1.53. The first-order chi connectivity index (χ1) is 5.79. The molecule has 0 fully saturated rings. The normalized spacial score (nSPS) is 10.8. The summed E-state index contributed by atoms with van der Waals surface area (Å²) in [6.07, 6.45) is 0. The van der Waals surface area contributed by atoms with Gasteiger partial charge in [0.25, 0.3) is 0 Å². The van der Waals surface area contributed by atoms with Crippen LogP contribution in [0, 0.1) is 0 Å². The minimum atomic E-state index is 0.797. The molecule has 62 valence electrons. The summed E-state index contributed by atoms with van der Waals surface area (Å²) in [5.74, 6) is 0. The van der Waals surface area contributed by atoms with Crippen molar-refractivity contribution in [1.82, 2.24) is 9.97 Å². The number of rotatable bonds is 1. The fourth-order valence-electron chi connectivity index (χ4n) is 0.897. The first-order valence-corrected chi connectivity index (χ1v) is 6.00. The molecule has 0 saturated carbocycles. The molecule has 12 heavy (non-hydrogen) atoms. The van der Waals surface area contributed by atoms with Crippen molar-refractivity contribution in [3.05, 3.63) is 21.7 Å². The fraction of sp³-hybridized carbons (Fsp3) is 0.143. The Hall–Kier alpha value is -0.0000000000000000833. The van der Waals surface area contributed by atoms with Crippen molar-refractivity contribution in [1.29, 1.82) is 0 Å². The van der Waals surface area contributed by atoms with Crippen molar-refractivity contribution in [3.8, 4) is 0 Å². The highest BCUT2D eigenvalue weighted by Gasteiger charge is 2.03. The summed E-state index contributed by atoms with van der Waals surface area (Å²) in [7, 11) is 0. The van der Waals surface area contributed by atoms with Crippen LogP contribution in [-0.2, 0) is 5.33 Å². The molecule has 2 nitrogen and oxygen atoms in total. The maximum atomic E-state index is 4.36. The standard InChI is InChI=1S/C7H4Br2N2S/c8-3-6-10-4-1-2-5(9)11-7(4)12-6/h1-2H,3H2. The second kappa shape index (κ2) is 3.40. The highest BCUT2D eigenvalue weighted by atomic mass is 79.9. The lowest BCUT2D eigenvalue weighted by Gasteiger charge is -1.86. The molecule has 0 aliphatic carbocycles. The van der Waals surface area contributed by atoms with Gasteiger partial charge in [-0.1, -0.05) is 27.3 Å². The number of pyridine rings is 1. The smallest absolute Gasteiger partial charge is 0.144 e. The Kier molecular flexibility index (Phi) is 2.43. The molecular weight excluding hydrogens is 304 g/mol. The second-order valence-corrected chi connectivity index (χ2v) is 4.63. The van der Waals surface area contributed by atoms with Crippen LogP contribution < -0.4 is 0 Å². The molecule has 0 spiro atoms. The van der Waals surface area contributed by atoms with Crippen LogP contribution in [0.5, 0.6) is 0 Å². The molecule has 0 unspecified atom stereocenters. The van der Waals surface area contributed by atoms with E-state index in [1.807, 2.05) is 12.1 Å². The highest BCUT2D eigenvalue weighted by molar-refractivity contribution is 9.10. The summed E-state index contributed by atoms with van der Waals surface area (Å²) in [5.41, 5.74) is 0.970. The van der Waals surface area contributed by atoms with Gasteiger partial charge in [-0.25, -0.2) is 9.97 Å². The van der Waals surface area contributed by atoms with E-state index in [9.17, 15) is 0 Å². The van der Waals surface area contributed by atoms with Gasteiger partial charge in [-0.3, -0.25) is 0 Å². The van der Waals surface area contributed by atoms with Crippen LogP contribution in [0.1, 0.15) is 5.01 Å². The van der Waals surface area contributed by atoms with Gasteiger partial charge in [-0.15, -0.1) is 0 Å². The molecule has 0 aliphatic heterocycles. The Labute approximate surface area is 90.3 Å². The van der Waals surface area contributed by atoms with Gasteiger partial charge in [-0.05, 0) is 28.1 Å². The number of nitrogens with zero attached hydrogens (tertiary/aromatic N) is 2. The lowest BCUT2D eigenvalue weighted by atomic mass is 10.5. The van der Waals surface area contributed by atoms with Crippen molar-refractivity contribution < 1.29 is 0 Å². The Morgan fingerprint density at radius 2 is 2.17 bits per heavy atom. The minimum absolute atomic E-state index is 0.797. The minimum Gasteiger partial charge on any atom is -0.239 e. The van der Waals surface area contributed by atoms with Gasteiger partial charge < -0.3 is 0 Å². The Morgan fingerprint density at radius 1 is 1.33 bits per heavy atom. The molecule has 0 aromatic carbocycles. The average Bonchev–Trinajstić information content (AvgIpc) is 2.46. The van der Waals surface area contributed by atoms with Gasteiger partial charge in [0, 0.05) is 0 Å². The second-order valence-electron chi connectivity index (χ2n) is 2.20. The summed E-state index contributed by atoms with van der Waals surface area (Å²) in [6, 6.07) is 3.87. The monoisotopic (exact) mass is 306 g/mol. The number of fused-ring (bicyclic) bond motifs is 1. The van der Waals surface area contributed by atoms with E-state index in [1.165, 1.54) is 0 Å². The lowest BCUT2D eigenvalue weighted by Crippen LogP contribution is -1.74. The van der Waals surface area contributed by atoms with Crippen molar-refractivity contribution in [3.63, 3.8) is 0 Å². The molecule has 2 aromatic heterocycles. The van der Waals surface area contributed by atoms with Crippen LogP contribution in [0.2, 0.25) is 0 Å². The van der Waals surface area contributed by atoms with E-state index in [0.29, 0.717) is 0 Å². The van der Waals surface area contributed by atoms with Crippen LogP contribution in [0.25, 0.3) is 10.3 Å². The zero-order valence-corrected chi connectivity index (χ0v) is 9.91. The summed E-state index contributed by atoms with van der Waals surface area (Å²) in [5, 5.41) is 1.86. The first kappa shape index (κ1) is 8.59. The molecule has 0 bridgehead atoms. The van der Waals surface area contributed by atoms with E-state index in [4.69, 9.17) is 0 Å². The maximum absolute atomic E-state index is 4.36. The van der Waals surface area contributed by atoms with Gasteiger partial charge in [0.05, 0.1) is 5.33 Å². The third-order valence-corrected chi connectivity index (χ3v) is 3.69. The van der Waals surface area contributed by atoms with E-state index in [0.717, 1.165) is 25.3 Å². The Balaban J connectivity index is 2.67. The molecule has 0 saturated heterocycles. The van der Waals surface area contributed by atoms with Crippen molar-refractivity contribution in [2.75, 3.05) is 0 Å². The van der Waals surface area contributed by atoms with E-state index in [1.54, 1.807) is 11.3 Å². The number of aromatic nitrogens is 2. The van der Waals surface area contributed by atoms with E-state index in [2.05, 4.69) is 41.8 Å². The number of halogens is 2. The molecule has 2 rings (SSSR count). The van der Waals surface area contributed by atoms with Crippen LogP contribution >= 0.6 is 43.2 Å². The first-order valence-electron chi connectivity index (χ1n) is 3.27. The van der Waals surface area contributed by atoms with E-state index >= 15 is 0 Å². The van der Waals surface area contributed by atoms with Gasteiger partial charge >= 0.3 is 0 Å². The molecule has 0 radical (unpaired) electrons. The lowest BCUT2D eigenvalue weighted by molar-refractivity contribution is 1.30. The van der Waals surface area contributed by atoms with Crippen molar-refractivity contribution in [2.45, 2.75) is 5.33 Å². The van der Waals surface area contributed by atoms with Gasteiger partial charge in [0.15, 0.2) is 0 Å². The van der Waals surface area contributed by atoms with Gasteiger partial charge in [0.1, 0.15) is 20.0 Å². The van der Waals surface area contributed by atoms with Gasteiger partial charge in [-0.2, -0.15) is 0 Å². The number of thiazole rings is 1. The zero-order chi connectivity index (χ0) is 8.55. The van der Waals surface area contributed by atoms with Crippen LogP contribution in [0.4, 0.5) is 0 Å². The summed E-state index contributed by atoms with van der Waals surface area (Å²) in [4.78, 5) is 9.64. The predicted octanol–water partition coefficient (Wildman–Crippen LogP) is 3.35. The molecule has 0 N–H and O–H groups in total. The van der Waals surface area contributed by atoms with Crippen molar-refractivity contribution in [2.24, 2.45) is 0 Å². The Morgan fingerprint density at radius 3 is 2.92 bits per heavy atom. The molecule has 0 atom stereocenters. The van der Waals surface area contributed by atoms with E-state index in [-0.39, 0.29) is 0 Å². The molecule has 5 heteroatoms. The summed E-state index contributed by atoms with van der Waals surface area (Å²) < 4.78 is 0.861. The largest absolute Gasteiger partial charge is 0.239 e. The molecule has 2 heterocycles. The highest BCUT2D eigenvalue weighted by Crippen LogP contribution is 2.23. The fourth-order valence-corrected chi connectivity index (χ4v) is 2.58. The Bertz CT molecular complexity index is 413. The quantitative estimate of drug-likeness (QED) is 0.596. The average molecular weight is 308 g/mol. The SMILES string of the molecule is BrCc1nc2ccc(Br)nc2s1. The predicted molar refractivity (Wildman–Crippen MR) is 57.7 cm³/mol. The number of hydrogen-bond donors (Lipinski definition) is 0. The molecular formula is C7H4Br2N2S. The summed E-state index contributed by atoms with van der Waals surface area (Å²) >= 11 is 8.29. The topological polar surface area (TPSA) is 25.8 Å². The van der Waals surface area contributed by atoms with Crippen LogP contribution in [0.15, 0.2) is 16.7 Å². The third-order valence-electron chi connectivity index (χ3n) is 1.38. The maximum Gasteiger partial charge on any atom is 0.144 e. The van der Waals surface area contributed by atoms with Gasteiger partial charge in [0.2, 0.25) is 0 Å². The zero-order valence-electron chi connectivity index (χ0n) is 5.92.